The topological polar surface area (TPSA) is 64.7 Å². The Balaban J connectivity index is 1.43. The average molecular weight is 390 g/mol. The van der Waals surface area contributed by atoms with Crippen molar-refractivity contribution in [3.63, 3.8) is 0 Å². The normalized spacial score (nSPS) is 28.6. The molecule has 1 aromatic rings. The second-order valence-corrected chi connectivity index (χ2v) is 9.45. The number of aryl methyl sites for hydroxylation is 1. The molecule has 2 saturated heterocycles. The molecular weight excluding hydrogens is 354 g/mol. The molecule has 0 unspecified atom stereocenters. The van der Waals surface area contributed by atoms with Gasteiger partial charge in [-0.25, -0.2) is 4.79 Å². The summed E-state index contributed by atoms with van der Waals surface area (Å²) in [6.07, 6.45) is 2.32. The average Bonchev–Trinajstić information content (AvgIpc) is 3.16. The number of carbonyl (C=O) groups is 1. The Morgan fingerprint density at radius 2 is 1.93 bits per heavy atom. The number of aromatic nitrogens is 2. The fraction of sp³-hybridized carbons (Fsp3) is 0.810. The lowest BCUT2D eigenvalue weighted by molar-refractivity contribution is 0.00880. The monoisotopic (exact) mass is 389 g/mol. The Labute approximate surface area is 168 Å². The summed E-state index contributed by atoms with van der Waals surface area (Å²) in [4.78, 5) is 20.2. The van der Waals surface area contributed by atoms with Crippen LogP contribution < -0.4 is 0 Å². The first kappa shape index (κ1) is 19.7. The number of piperazine rings is 1. The maximum absolute atomic E-state index is 13.5. The van der Waals surface area contributed by atoms with E-state index in [-0.39, 0.29) is 17.6 Å². The van der Waals surface area contributed by atoms with Crippen LogP contribution in [0.2, 0.25) is 0 Å². The van der Waals surface area contributed by atoms with Gasteiger partial charge in [-0.05, 0) is 53.4 Å². The summed E-state index contributed by atoms with van der Waals surface area (Å²) in [5.41, 5.74) is 2.91. The number of hydrogen-bond acceptors (Lipinski definition) is 4. The smallest absolute Gasteiger partial charge is 0.321 e. The van der Waals surface area contributed by atoms with Crippen molar-refractivity contribution in [1.82, 2.24) is 24.9 Å². The molecule has 28 heavy (non-hydrogen) atoms. The number of aromatic amines is 1. The maximum Gasteiger partial charge on any atom is 0.321 e. The largest absolute Gasteiger partial charge is 0.381 e. The van der Waals surface area contributed by atoms with Gasteiger partial charge >= 0.3 is 6.03 Å². The molecule has 2 atom stereocenters. The number of carbonyl (C=O) groups excluding carboxylic acids is 1. The van der Waals surface area contributed by atoms with Crippen molar-refractivity contribution < 1.29 is 9.53 Å². The summed E-state index contributed by atoms with van der Waals surface area (Å²) < 4.78 is 5.51. The molecule has 0 aromatic carbocycles. The second-order valence-electron chi connectivity index (χ2n) is 9.45. The zero-order valence-electron chi connectivity index (χ0n) is 18.0. The molecule has 0 saturated carbocycles. The fourth-order valence-corrected chi connectivity index (χ4v) is 5.09. The number of nitrogens with one attached hydrogen (secondary N) is 1. The van der Waals surface area contributed by atoms with Crippen LogP contribution in [0.3, 0.4) is 0 Å². The van der Waals surface area contributed by atoms with E-state index in [2.05, 4.69) is 47.7 Å². The van der Waals surface area contributed by atoms with E-state index in [9.17, 15) is 4.79 Å². The van der Waals surface area contributed by atoms with Crippen LogP contribution in [0.5, 0.6) is 0 Å². The first-order chi connectivity index (χ1) is 13.3. The highest BCUT2D eigenvalue weighted by atomic mass is 16.5. The Bertz CT molecular complexity index is 724. The van der Waals surface area contributed by atoms with Gasteiger partial charge in [0.2, 0.25) is 0 Å². The minimum atomic E-state index is -0.351. The van der Waals surface area contributed by atoms with Crippen molar-refractivity contribution in [2.75, 3.05) is 32.8 Å². The zero-order valence-corrected chi connectivity index (χ0v) is 18.0. The van der Waals surface area contributed by atoms with Crippen LogP contribution in [0, 0.1) is 12.8 Å². The van der Waals surface area contributed by atoms with Crippen LogP contribution in [0.1, 0.15) is 57.5 Å². The molecule has 156 valence electrons. The number of amides is 2. The lowest BCUT2D eigenvalue weighted by Crippen LogP contribution is -2.62. The minimum absolute atomic E-state index is 0.152. The van der Waals surface area contributed by atoms with Crippen LogP contribution in [0.25, 0.3) is 0 Å². The van der Waals surface area contributed by atoms with Gasteiger partial charge in [-0.1, -0.05) is 0 Å². The highest BCUT2D eigenvalue weighted by molar-refractivity contribution is 5.77. The number of H-pyrrole nitrogens is 1. The third-order valence-electron chi connectivity index (χ3n) is 7.10. The predicted octanol–water partition coefficient (Wildman–Crippen LogP) is 2.71. The molecule has 3 aliphatic heterocycles. The van der Waals surface area contributed by atoms with Gasteiger partial charge in [0.05, 0.1) is 23.5 Å². The summed E-state index contributed by atoms with van der Waals surface area (Å²) in [6, 6.07) is 0.756. The highest BCUT2D eigenvalue weighted by Gasteiger charge is 2.46. The molecule has 1 aromatic heterocycles. The number of ether oxygens (including phenoxy) is 1. The third kappa shape index (κ3) is 3.32. The van der Waals surface area contributed by atoms with E-state index in [0.29, 0.717) is 12.6 Å². The highest BCUT2D eigenvalue weighted by Crippen LogP contribution is 2.39. The van der Waals surface area contributed by atoms with E-state index in [0.717, 1.165) is 63.0 Å². The number of urea groups is 1. The van der Waals surface area contributed by atoms with Crippen molar-refractivity contribution in [2.45, 2.75) is 71.6 Å². The summed E-state index contributed by atoms with van der Waals surface area (Å²) in [5.74, 6) is 0.726. The molecule has 1 N–H and O–H groups in total. The summed E-state index contributed by atoms with van der Waals surface area (Å²) in [6.45, 7) is 16.0. The van der Waals surface area contributed by atoms with Crippen molar-refractivity contribution in [2.24, 2.45) is 5.92 Å². The van der Waals surface area contributed by atoms with Crippen LogP contribution >= 0.6 is 0 Å². The molecule has 0 spiro atoms. The molecule has 2 amide bonds. The van der Waals surface area contributed by atoms with E-state index in [1.54, 1.807) is 0 Å². The summed E-state index contributed by atoms with van der Waals surface area (Å²) in [5, 5.41) is 7.50. The third-order valence-corrected chi connectivity index (χ3v) is 7.10. The van der Waals surface area contributed by atoms with Gasteiger partial charge in [-0.3, -0.25) is 10.00 Å². The van der Waals surface area contributed by atoms with Crippen molar-refractivity contribution in [3.05, 3.63) is 17.0 Å². The van der Waals surface area contributed by atoms with Gasteiger partial charge < -0.3 is 14.5 Å². The van der Waals surface area contributed by atoms with Crippen LogP contribution in [-0.4, -0.2) is 75.9 Å². The zero-order chi connectivity index (χ0) is 20.1. The Hall–Kier alpha value is -1.60. The first-order valence-electron chi connectivity index (χ1n) is 10.7. The second kappa shape index (κ2) is 7.34. The predicted molar refractivity (Wildman–Crippen MR) is 108 cm³/mol. The van der Waals surface area contributed by atoms with Crippen LogP contribution in [-0.2, 0) is 16.8 Å². The molecule has 7 nitrogen and oxygen atoms in total. The summed E-state index contributed by atoms with van der Waals surface area (Å²) >= 11 is 0. The van der Waals surface area contributed by atoms with Gasteiger partial charge in [-0.15, -0.1) is 0 Å². The van der Waals surface area contributed by atoms with Crippen LogP contribution in [0.15, 0.2) is 0 Å². The fourth-order valence-electron chi connectivity index (χ4n) is 5.09. The van der Waals surface area contributed by atoms with Crippen molar-refractivity contribution >= 4 is 6.03 Å². The lowest BCUT2D eigenvalue weighted by atomic mass is 9.97. The summed E-state index contributed by atoms with van der Waals surface area (Å²) in [7, 11) is 0. The Morgan fingerprint density at radius 3 is 2.61 bits per heavy atom. The van der Waals surface area contributed by atoms with E-state index in [1.165, 1.54) is 5.56 Å². The van der Waals surface area contributed by atoms with E-state index in [4.69, 9.17) is 4.74 Å². The number of rotatable bonds is 2. The van der Waals surface area contributed by atoms with Gasteiger partial charge in [0, 0.05) is 50.5 Å². The lowest BCUT2D eigenvalue weighted by Gasteiger charge is -2.47. The maximum atomic E-state index is 13.5. The minimum Gasteiger partial charge on any atom is -0.381 e. The molecule has 4 rings (SSSR count). The van der Waals surface area contributed by atoms with Crippen LogP contribution in [0.4, 0.5) is 4.79 Å². The molecule has 2 fully saturated rings. The number of hydrogen-bond donors (Lipinski definition) is 1. The molecule has 0 aliphatic carbocycles. The molecular formula is C21H35N5O2. The SMILES string of the molecule is Cc1n[nH]c2c1CN(C(=O)N1C[C@@H](C)N(CC3CCOCC3)C[C@@H]1C)C2(C)C. The molecule has 0 bridgehead atoms. The van der Waals surface area contributed by atoms with E-state index in [1.807, 2.05) is 11.8 Å². The molecule has 7 heteroatoms. The first-order valence-corrected chi connectivity index (χ1v) is 10.7. The molecule has 4 heterocycles. The molecule has 3 aliphatic rings. The standard InChI is InChI=1S/C21H35N5O2/c1-14-11-25(15(2)10-24(14)12-17-6-8-28-9-7-17)20(27)26-13-18-16(3)22-23-19(18)21(26,4)5/h14-15,17H,6-13H2,1-5H3,(H,22,23)/t14-,15+/m1/s1. The Kier molecular flexibility index (Phi) is 5.16. The van der Waals surface area contributed by atoms with E-state index >= 15 is 0 Å². The van der Waals surface area contributed by atoms with Gasteiger partial charge in [0.15, 0.2) is 0 Å². The quantitative estimate of drug-likeness (QED) is 0.845. The molecule has 0 radical (unpaired) electrons. The van der Waals surface area contributed by atoms with Crippen molar-refractivity contribution in [3.8, 4) is 0 Å². The Morgan fingerprint density at radius 1 is 1.21 bits per heavy atom. The van der Waals surface area contributed by atoms with Crippen molar-refractivity contribution in [1.29, 1.82) is 0 Å². The van der Waals surface area contributed by atoms with Gasteiger partial charge in [0.25, 0.3) is 0 Å². The number of fused-ring (bicyclic) bond motifs is 1. The van der Waals surface area contributed by atoms with Gasteiger partial charge in [0.1, 0.15) is 0 Å². The van der Waals surface area contributed by atoms with E-state index < -0.39 is 0 Å². The van der Waals surface area contributed by atoms with Gasteiger partial charge in [-0.2, -0.15) is 5.10 Å². The number of nitrogens with zero attached hydrogens (tertiary/aromatic N) is 4.